The van der Waals surface area contributed by atoms with Crippen LogP contribution in [-0.4, -0.2) is 17.0 Å². The second kappa shape index (κ2) is 6.26. The molecule has 1 aromatic carbocycles. The number of carbonyl (C=O) groups is 1. The van der Waals surface area contributed by atoms with Crippen LogP contribution in [0.25, 0.3) is 0 Å². The molecular formula is C14H18BrN3O2. The molecule has 2 atom stereocenters. The SMILES string of the molecule is CC1CCCC1C(=O)Nc1ccc(/C(N)=N/O)cc1Br. The Morgan fingerprint density at radius 2 is 2.25 bits per heavy atom. The molecule has 1 aliphatic rings. The highest BCUT2D eigenvalue weighted by Crippen LogP contribution is 2.33. The molecule has 0 radical (unpaired) electrons. The van der Waals surface area contributed by atoms with E-state index in [9.17, 15) is 4.79 Å². The molecule has 1 fully saturated rings. The number of oxime groups is 1. The largest absolute Gasteiger partial charge is 0.409 e. The molecule has 0 aromatic heterocycles. The number of carbonyl (C=O) groups excluding carboxylic acids is 1. The third-order valence-corrected chi connectivity index (χ3v) is 4.48. The standard InChI is InChI=1S/C14H18BrN3O2/c1-8-3-2-4-10(8)14(19)17-12-6-5-9(7-11(12)15)13(16)18-20/h5-8,10,20H,2-4H2,1H3,(H2,16,18)(H,17,19). The van der Waals surface area contributed by atoms with Gasteiger partial charge in [-0.15, -0.1) is 0 Å². The van der Waals surface area contributed by atoms with Crippen LogP contribution >= 0.6 is 15.9 Å². The Morgan fingerprint density at radius 1 is 1.50 bits per heavy atom. The van der Waals surface area contributed by atoms with Crippen molar-refractivity contribution in [3.8, 4) is 0 Å². The molecular weight excluding hydrogens is 322 g/mol. The van der Waals surface area contributed by atoms with Crippen LogP contribution in [0.5, 0.6) is 0 Å². The van der Waals surface area contributed by atoms with E-state index in [1.807, 2.05) is 0 Å². The van der Waals surface area contributed by atoms with Gasteiger partial charge in [0, 0.05) is 16.0 Å². The van der Waals surface area contributed by atoms with Gasteiger partial charge in [-0.2, -0.15) is 0 Å². The van der Waals surface area contributed by atoms with E-state index >= 15 is 0 Å². The van der Waals surface area contributed by atoms with Crippen LogP contribution in [0.15, 0.2) is 27.8 Å². The second-order valence-corrected chi connectivity index (χ2v) is 6.04. The number of amidine groups is 1. The molecule has 0 bridgehead atoms. The van der Waals surface area contributed by atoms with Gasteiger partial charge in [-0.25, -0.2) is 0 Å². The summed E-state index contributed by atoms with van der Waals surface area (Å²) in [6, 6.07) is 5.16. The van der Waals surface area contributed by atoms with E-state index in [0.717, 1.165) is 19.3 Å². The third kappa shape index (κ3) is 3.12. The van der Waals surface area contributed by atoms with Gasteiger partial charge in [0.2, 0.25) is 5.91 Å². The monoisotopic (exact) mass is 339 g/mol. The second-order valence-electron chi connectivity index (χ2n) is 5.18. The fraction of sp³-hybridized carbons (Fsp3) is 0.429. The lowest BCUT2D eigenvalue weighted by Gasteiger charge is -2.16. The van der Waals surface area contributed by atoms with E-state index in [1.54, 1.807) is 18.2 Å². The van der Waals surface area contributed by atoms with Gasteiger partial charge in [0.25, 0.3) is 0 Å². The van der Waals surface area contributed by atoms with Crippen LogP contribution in [0, 0.1) is 11.8 Å². The quantitative estimate of drug-likeness (QED) is 0.342. The lowest BCUT2D eigenvalue weighted by Crippen LogP contribution is -2.24. The number of nitrogens with zero attached hydrogens (tertiary/aromatic N) is 1. The van der Waals surface area contributed by atoms with Crippen molar-refractivity contribution in [1.29, 1.82) is 0 Å². The van der Waals surface area contributed by atoms with Crippen molar-refractivity contribution < 1.29 is 10.0 Å². The van der Waals surface area contributed by atoms with Crippen molar-refractivity contribution in [2.24, 2.45) is 22.7 Å². The minimum atomic E-state index is 0.0352. The maximum Gasteiger partial charge on any atom is 0.227 e. The van der Waals surface area contributed by atoms with Crippen LogP contribution in [0.2, 0.25) is 0 Å². The van der Waals surface area contributed by atoms with Crippen molar-refractivity contribution in [3.05, 3.63) is 28.2 Å². The van der Waals surface area contributed by atoms with Crippen molar-refractivity contribution in [2.75, 3.05) is 5.32 Å². The number of nitrogens with two attached hydrogens (primary N) is 1. The molecule has 2 rings (SSSR count). The highest BCUT2D eigenvalue weighted by atomic mass is 79.9. The summed E-state index contributed by atoms with van der Waals surface area (Å²) < 4.78 is 0.709. The smallest absolute Gasteiger partial charge is 0.227 e. The van der Waals surface area contributed by atoms with E-state index < -0.39 is 0 Å². The number of anilines is 1. The van der Waals surface area contributed by atoms with Gasteiger partial charge < -0.3 is 16.3 Å². The number of amides is 1. The van der Waals surface area contributed by atoms with Gasteiger partial charge in [0.1, 0.15) is 0 Å². The van der Waals surface area contributed by atoms with E-state index in [2.05, 4.69) is 33.3 Å². The Morgan fingerprint density at radius 3 is 2.80 bits per heavy atom. The summed E-state index contributed by atoms with van der Waals surface area (Å²) in [5, 5.41) is 14.5. The number of benzene rings is 1. The lowest BCUT2D eigenvalue weighted by molar-refractivity contribution is -0.120. The summed E-state index contributed by atoms with van der Waals surface area (Å²) in [4.78, 5) is 12.2. The summed E-state index contributed by atoms with van der Waals surface area (Å²) in [6.45, 7) is 2.12. The molecule has 6 heteroatoms. The Labute approximate surface area is 126 Å². The maximum atomic E-state index is 12.2. The van der Waals surface area contributed by atoms with Gasteiger partial charge in [-0.05, 0) is 52.9 Å². The van der Waals surface area contributed by atoms with Gasteiger partial charge in [0.05, 0.1) is 5.69 Å². The van der Waals surface area contributed by atoms with Gasteiger partial charge in [-0.3, -0.25) is 4.79 Å². The van der Waals surface area contributed by atoms with E-state index in [4.69, 9.17) is 10.9 Å². The Kier molecular flexibility index (Phi) is 4.65. The predicted molar refractivity (Wildman–Crippen MR) is 81.8 cm³/mol. The first kappa shape index (κ1) is 14.8. The van der Waals surface area contributed by atoms with Gasteiger partial charge >= 0.3 is 0 Å². The molecule has 20 heavy (non-hydrogen) atoms. The van der Waals surface area contributed by atoms with Crippen molar-refractivity contribution >= 4 is 33.4 Å². The van der Waals surface area contributed by atoms with Crippen LogP contribution in [-0.2, 0) is 4.79 Å². The minimum Gasteiger partial charge on any atom is -0.409 e. The fourth-order valence-corrected chi connectivity index (χ4v) is 3.07. The summed E-state index contributed by atoms with van der Waals surface area (Å²) in [6.07, 6.45) is 3.18. The van der Waals surface area contributed by atoms with Crippen molar-refractivity contribution in [1.82, 2.24) is 0 Å². The molecule has 1 saturated carbocycles. The summed E-state index contributed by atoms with van der Waals surface area (Å²) >= 11 is 3.39. The van der Waals surface area contributed by atoms with E-state index in [0.29, 0.717) is 21.6 Å². The summed E-state index contributed by atoms with van der Waals surface area (Å²) in [5.41, 5.74) is 6.81. The molecule has 4 N–H and O–H groups in total. The zero-order chi connectivity index (χ0) is 14.7. The van der Waals surface area contributed by atoms with Crippen LogP contribution < -0.4 is 11.1 Å². The molecule has 1 aromatic rings. The first-order chi connectivity index (χ1) is 9.52. The lowest BCUT2D eigenvalue weighted by atomic mass is 9.97. The average Bonchev–Trinajstić information content (AvgIpc) is 2.86. The maximum absolute atomic E-state index is 12.2. The Bertz CT molecular complexity index is 545. The third-order valence-electron chi connectivity index (χ3n) is 3.83. The fourth-order valence-electron chi connectivity index (χ4n) is 2.59. The zero-order valence-electron chi connectivity index (χ0n) is 11.3. The van der Waals surface area contributed by atoms with Gasteiger partial charge in [0.15, 0.2) is 5.84 Å². The average molecular weight is 340 g/mol. The number of halogens is 1. The number of hydrogen-bond donors (Lipinski definition) is 3. The number of hydrogen-bond acceptors (Lipinski definition) is 3. The van der Waals surface area contributed by atoms with Crippen molar-refractivity contribution in [3.63, 3.8) is 0 Å². The molecule has 5 nitrogen and oxygen atoms in total. The summed E-state index contributed by atoms with van der Waals surface area (Å²) in [7, 11) is 0. The Hall–Kier alpha value is -1.56. The topological polar surface area (TPSA) is 87.7 Å². The van der Waals surface area contributed by atoms with Crippen molar-refractivity contribution in [2.45, 2.75) is 26.2 Å². The normalized spacial score (nSPS) is 22.8. The number of nitrogens with one attached hydrogen (secondary N) is 1. The molecule has 0 heterocycles. The number of rotatable bonds is 3. The van der Waals surface area contributed by atoms with Gasteiger partial charge in [-0.1, -0.05) is 18.5 Å². The molecule has 0 aliphatic heterocycles. The van der Waals surface area contributed by atoms with Crippen LogP contribution in [0.1, 0.15) is 31.7 Å². The predicted octanol–water partition coefficient (Wildman–Crippen LogP) is 2.92. The first-order valence-electron chi connectivity index (χ1n) is 6.61. The highest BCUT2D eigenvalue weighted by Gasteiger charge is 2.29. The molecule has 0 spiro atoms. The molecule has 1 amide bonds. The van der Waals surface area contributed by atoms with Crippen LogP contribution in [0.3, 0.4) is 0 Å². The molecule has 0 saturated heterocycles. The van der Waals surface area contributed by atoms with Crippen LogP contribution in [0.4, 0.5) is 5.69 Å². The zero-order valence-corrected chi connectivity index (χ0v) is 12.9. The van der Waals surface area contributed by atoms with E-state index in [1.165, 1.54) is 0 Å². The molecule has 2 unspecified atom stereocenters. The molecule has 1 aliphatic carbocycles. The molecule has 108 valence electrons. The first-order valence-corrected chi connectivity index (χ1v) is 7.40. The Balaban J connectivity index is 2.12. The van der Waals surface area contributed by atoms with E-state index in [-0.39, 0.29) is 17.7 Å². The minimum absolute atomic E-state index is 0.0352. The summed E-state index contributed by atoms with van der Waals surface area (Å²) in [5.74, 6) is 0.621. The highest BCUT2D eigenvalue weighted by molar-refractivity contribution is 9.10.